The second-order valence-corrected chi connectivity index (χ2v) is 6.73. The Bertz CT molecular complexity index is 530. The van der Waals surface area contributed by atoms with Crippen molar-refractivity contribution in [1.82, 2.24) is 10.6 Å². The predicted molar refractivity (Wildman–Crippen MR) is 108 cm³/mol. The van der Waals surface area contributed by atoms with Crippen molar-refractivity contribution in [3.8, 4) is 0 Å². The third kappa shape index (κ3) is 6.84. The van der Waals surface area contributed by atoms with Crippen molar-refractivity contribution in [2.24, 2.45) is 4.99 Å². The van der Waals surface area contributed by atoms with Gasteiger partial charge in [0.2, 0.25) is 0 Å². The van der Waals surface area contributed by atoms with Gasteiger partial charge < -0.3 is 25.4 Å². The summed E-state index contributed by atoms with van der Waals surface area (Å²) in [5.41, 5.74) is 0.532. The normalized spacial score (nSPS) is 17.0. The average molecular weight is 363 g/mol. The molecule has 0 amide bonds. The van der Waals surface area contributed by atoms with Crippen molar-refractivity contribution >= 4 is 11.6 Å². The maximum atomic E-state index is 10.5. The van der Waals surface area contributed by atoms with Crippen molar-refractivity contribution in [3.63, 3.8) is 0 Å². The summed E-state index contributed by atoms with van der Waals surface area (Å²) >= 11 is 0. The Morgan fingerprint density at radius 2 is 1.92 bits per heavy atom. The molecule has 6 nitrogen and oxygen atoms in total. The monoisotopic (exact) mass is 362 g/mol. The Hall–Kier alpha value is -1.79. The molecule has 1 fully saturated rings. The van der Waals surface area contributed by atoms with Crippen LogP contribution in [-0.4, -0.2) is 62.6 Å². The molecule has 1 heterocycles. The molecule has 1 saturated heterocycles. The number of para-hydroxylation sites is 1. The molecule has 0 bridgehead atoms. The average Bonchev–Trinajstić information content (AvgIpc) is 2.67. The smallest absolute Gasteiger partial charge is 0.191 e. The van der Waals surface area contributed by atoms with Crippen LogP contribution < -0.4 is 15.5 Å². The minimum Gasteiger partial charge on any atom is -0.388 e. The van der Waals surface area contributed by atoms with Gasteiger partial charge in [0.15, 0.2) is 5.96 Å². The van der Waals surface area contributed by atoms with Crippen LogP contribution in [0.15, 0.2) is 35.3 Å². The lowest BCUT2D eigenvalue weighted by Gasteiger charge is -2.30. The van der Waals surface area contributed by atoms with E-state index in [0.717, 1.165) is 38.6 Å². The third-order valence-corrected chi connectivity index (χ3v) is 4.70. The Labute approximate surface area is 157 Å². The van der Waals surface area contributed by atoms with Crippen LogP contribution in [0, 0.1) is 0 Å². The second kappa shape index (κ2) is 11.0. The van der Waals surface area contributed by atoms with Gasteiger partial charge in [0.25, 0.3) is 0 Å². The van der Waals surface area contributed by atoms with E-state index in [1.54, 1.807) is 0 Å². The van der Waals surface area contributed by atoms with Gasteiger partial charge >= 0.3 is 0 Å². The van der Waals surface area contributed by atoms with Crippen LogP contribution in [0.1, 0.15) is 33.1 Å². The largest absolute Gasteiger partial charge is 0.388 e. The minimum absolute atomic E-state index is 0.413. The van der Waals surface area contributed by atoms with Gasteiger partial charge in [-0.25, -0.2) is 0 Å². The highest BCUT2D eigenvalue weighted by Gasteiger charge is 2.29. The van der Waals surface area contributed by atoms with Crippen molar-refractivity contribution in [2.75, 3.05) is 50.8 Å². The molecule has 3 N–H and O–H groups in total. The number of anilines is 1. The quantitative estimate of drug-likeness (QED) is 0.356. The molecular weight excluding hydrogens is 328 g/mol. The van der Waals surface area contributed by atoms with E-state index in [-0.39, 0.29) is 0 Å². The molecule has 0 atom stereocenters. The van der Waals surface area contributed by atoms with Crippen molar-refractivity contribution in [1.29, 1.82) is 0 Å². The first-order chi connectivity index (χ1) is 12.7. The number of nitrogens with one attached hydrogen (secondary N) is 2. The zero-order valence-electron chi connectivity index (χ0n) is 16.2. The number of guanidine groups is 1. The van der Waals surface area contributed by atoms with Crippen molar-refractivity contribution in [2.45, 2.75) is 38.7 Å². The first-order valence-electron chi connectivity index (χ1n) is 9.79. The predicted octanol–water partition coefficient (Wildman–Crippen LogP) is 2.00. The van der Waals surface area contributed by atoms with E-state index in [9.17, 15) is 5.11 Å². The molecule has 1 aromatic rings. The fourth-order valence-electron chi connectivity index (χ4n) is 3.06. The number of ether oxygens (including phenoxy) is 1. The molecule has 1 aliphatic heterocycles. The van der Waals surface area contributed by atoms with Gasteiger partial charge in [0.05, 0.1) is 12.1 Å². The number of benzene rings is 1. The zero-order valence-corrected chi connectivity index (χ0v) is 16.2. The fourth-order valence-corrected chi connectivity index (χ4v) is 3.06. The molecule has 0 unspecified atom stereocenters. The van der Waals surface area contributed by atoms with E-state index in [1.165, 1.54) is 5.69 Å². The van der Waals surface area contributed by atoms with Crippen LogP contribution in [0.5, 0.6) is 0 Å². The lowest BCUT2D eigenvalue weighted by Crippen LogP contribution is -2.43. The van der Waals surface area contributed by atoms with Crippen LogP contribution in [0.25, 0.3) is 0 Å². The van der Waals surface area contributed by atoms with E-state index in [4.69, 9.17) is 4.74 Å². The van der Waals surface area contributed by atoms with Gasteiger partial charge in [0.1, 0.15) is 0 Å². The number of aliphatic imine (C=N–C) groups is 1. The van der Waals surface area contributed by atoms with E-state index in [0.29, 0.717) is 32.6 Å². The molecule has 0 spiro atoms. The minimum atomic E-state index is -0.729. The van der Waals surface area contributed by atoms with E-state index < -0.39 is 5.60 Å². The molecule has 0 aliphatic carbocycles. The number of hydrogen-bond acceptors (Lipinski definition) is 4. The first kappa shape index (κ1) is 20.5. The summed E-state index contributed by atoms with van der Waals surface area (Å²) in [5.74, 6) is 0.773. The standard InChI is InChI=1S/C20H34N4O2/c1-3-21-19(23-17-20(25)11-15-26-16-12-20)22-13-8-14-24(4-2)18-9-6-5-7-10-18/h5-7,9-10,25H,3-4,8,11-17H2,1-2H3,(H2,21,22,23). The summed E-state index contributed by atoms with van der Waals surface area (Å²) in [7, 11) is 0. The highest BCUT2D eigenvalue weighted by atomic mass is 16.5. The molecule has 6 heteroatoms. The van der Waals surface area contributed by atoms with Crippen molar-refractivity contribution < 1.29 is 9.84 Å². The SMILES string of the molecule is CCNC(=NCC1(O)CCOCC1)NCCCN(CC)c1ccccc1. The summed E-state index contributed by atoms with van der Waals surface area (Å²) in [4.78, 5) is 6.95. The third-order valence-electron chi connectivity index (χ3n) is 4.70. The van der Waals surface area contributed by atoms with Gasteiger partial charge in [-0.1, -0.05) is 18.2 Å². The topological polar surface area (TPSA) is 69.1 Å². The molecular formula is C20H34N4O2. The fraction of sp³-hybridized carbons (Fsp3) is 0.650. The number of rotatable bonds is 9. The number of hydrogen-bond donors (Lipinski definition) is 3. The Morgan fingerprint density at radius 1 is 1.19 bits per heavy atom. The highest BCUT2D eigenvalue weighted by molar-refractivity contribution is 5.79. The Morgan fingerprint density at radius 3 is 2.58 bits per heavy atom. The van der Waals surface area contributed by atoms with E-state index in [2.05, 4.69) is 58.6 Å². The number of nitrogens with zero attached hydrogens (tertiary/aromatic N) is 2. The van der Waals surface area contributed by atoms with Crippen LogP contribution in [0.3, 0.4) is 0 Å². The Kier molecular flexibility index (Phi) is 8.71. The van der Waals surface area contributed by atoms with Crippen LogP contribution >= 0.6 is 0 Å². The van der Waals surface area contributed by atoms with Gasteiger partial charge in [0, 0.05) is 57.9 Å². The Balaban J connectivity index is 1.77. The lowest BCUT2D eigenvalue weighted by molar-refractivity contribution is -0.0565. The summed E-state index contributed by atoms with van der Waals surface area (Å²) in [6.45, 7) is 9.51. The summed E-state index contributed by atoms with van der Waals surface area (Å²) in [6, 6.07) is 10.5. The molecule has 1 aliphatic rings. The van der Waals surface area contributed by atoms with E-state index >= 15 is 0 Å². The summed E-state index contributed by atoms with van der Waals surface area (Å²) in [5, 5.41) is 17.2. The lowest BCUT2D eigenvalue weighted by atomic mass is 9.95. The van der Waals surface area contributed by atoms with Gasteiger partial charge in [-0.2, -0.15) is 0 Å². The van der Waals surface area contributed by atoms with Crippen molar-refractivity contribution in [3.05, 3.63) is 30.3 Å². The van der Waals surface area contributed by atoms with E-state index in [1.807, 2.05) is 6.07 Å². The molecule has 2 rings (SSSR count). The number of aliphatic hydroxyl groups is 1. The summed E-state index contributed by atoms with van der Waals surface area (Å²) < 4.78 is 5.32. The van der Waals surface area contributed by atoms with Crippen LogP contribution in [0.4, 0.5) is 5.69 Å². The van der Waals surface area contributed by atoms with Gasteiger partial charge in [-0.05, 0) is 32.4 Å². The molecule has 146 valence electrons. The maximum Gasteiger partial charge on any atom is 0.191 e. The molecule has 26 heavy (non-hydrogen) atoms. The highest BCUT2D eigenvalue weighted by Crippen LogP contribution is 2.20. The van der Waals surface area contributed by atoms with Crippen LogP contribution in [-0.2, 0) is 4.74 Å². The zero-order chi connectivity index (χ0) is 18.7. The molecule has 0 aromatic heterocycles. The molecule has 1 aromatic carbocycles. The van der Waals surface area contributed by atoms with Crippen LogP contribution in [0.2, 0.25) is 0 Å². The van der Waals surface area contributed by atoms with Gasteiger partial charge in [-0.15, -0.1) is 0 Å². The second-order valence-electron chi connectivity index (χ2n) is 6.73. The summed E-state index contributed by atoms with van der Waals surface area (Å²) in [6.07, 6.45) is 2.32. The molecule has 0 saturated carbocycles. The first-order valence-corrected chi connectivity index (χ1v) is 9.79. The maximum absolute atomic E-state index is 10.5. The molecule has 0 radical (unpaired) electrons. The van der Waals surface area contributed by atoms with Gasteiger partial charge in [-0.3, -0.25) is 4.99 Å².